The van der Waals surface area contributed by atoms with Crippen LogP contribution in [0.3, 0.4) is 0 Å². The van der Waals surface area contributed by atoms with Gasteiger partial charge in [0.15, 0.2) is 5.82 Å². The lowest BCUT2D eigenvalue weighted by atomic mass is 9.87. The van der Waals surface area contributed by atoms with E-state index in [1.54, 1.807) is 0 Å². The second kappa shape index (κ2) is 10.2. The molecule has 7 nitrogen and oxygen atoms in total. The normalized spacial score (nSPS) is 15.5. The van der Waals surface area contributed by atoms with Crippen LogP contribution in [-0.4, -0.2) is 44.5 Å². The Morgan fingerprint density at radius 2 is 1.70 bits per heavy atom. The van der Waals surface area contributed by atoms with Crippen LogP contribution < -0.4 is 10.6 Å². The summed E-state index contributed by atoms with van der Waals surface area (Å²) in [6.07, 6.45) is 5.86. The van der Waals surface area contributed by atoms with E-state index in [2.05, 4.69) is 43.1 Å². The molecule has 30 heavy (non-hydrogen) atoms. The van der Waals surface area contributed by atoms with E-state index in [0.29, 0.717) is 16.7 Å². The number of hydrogen-bond donors (Lipinski definition) is 1. The van der Waals surface area contributed by atoms with Crippen molar-refractivity contribution in [1.29, 1.82) is 0 Å². The van der Waals surface area contributed by atoms with Crippen molar-refractivity contribution in [2.75, 3.05) is 24.7 Å². The standard InChI is InChI=1S/C22H33N5O2S/c1-22(2,3)17-9-11-18(12-10-17)29-15-19-24-25-21(27(19)23)30-16-20(28)26-13-7-5-4-6-8-14-26/h9-12H,4-8,13-16,23H2,1-3H3. The van der Waals surface area contributed by atoms with Crippen molar-refractivity contribution in [3.8, 4) is 5.75 Å². The van der Waals surface area contributed by atoms with Gasteiger partial charge in [0.05, 0.1) is 5.75 Å². The van der Waals surface area contributed by atoms with Gasteiger partial charge in [-0.2, -0.15) is 0 Å². The molecule has 0 aliphatic carbocycles. The average Bonchev–Trinajstić information content (AvgIpc) is 3.03. The number of nitrogen functional groups attached to an aromatic ring is 1. The number of carbonyl (C=O) groups excluding carboxylic acids is 1. The van der Waals surface area contributed by atoms with E-state index in [0.717, 1.165) is 31.7 Å². The molecule has 2 aromatic rings. The Hall–Kier alpha value is -2.22. The molecule has 2 heterocycles. The number of benzene rings is 1. The number of nitrogens with two attached hydrogens (primary N) is 1. The molecule has 1 amide bonds. The molecule has 2 N–H and O–H groups in total. The predicted molar refractivity (Wildman–Crippen MR) is 120 cm³/mol. The highest BCUT2D eigenvalue weighted by Gasteiger charge is 2.18. The zero-order valence-electron chi connectivity index (χ0n) is 18.3. The molecule has 0 spiro atoms. The molecule has 0 atom stereocenters. The number of ether oxygens (including phenoxy) is 1. The molecule has 1 aliphatic rings. The maximum absolute atomic E-state index is 12.5. The minimum Gasteiger partial charge on any atom is -0.486 e. The minimum absolute atomic E-state index is 0.103. The van der Waals surface area contributed by atoms with Crippen molar-refractivity contribution in [3.63, 3.8) is 0 Å². The van der Waals surface area contributed by atoms with E-state index in [9.17, 15) is 4.79 Å². The summed E-state index contributed by atoms with van der Waals surface area (Å²) in [5.74, 6) is 7.87. The van der Waals surface area contributed by atoms with Crippen molar-refractivity contribution in [1.82, 2.24) is 19.8 Å². The van der Waals surface area contributed by atoms with Crippen LogP contribution in [0.2, 0.25) is 0 Å². The van der Waals surface area contributed by atoms with Crippen molar-refractivity contribution in [2.45, 2.75) is 70.1 Å². The van der Waals surface area contributed by atoms with Crippen LogP contribution in [0.5, 0.6) is 5.75 Å². The third-order valence-electron chi connectivity index (χ3n) is 5.36. The van der Waals surface area contributed by atoms with Crippen LogP contribution in [0.25, 0.3) is 0 Å². The average molecular weight is 432 g/mol. The molecule has 1 aromatic carbocycles. The van der Waals surface area contributed by atoms with Gasteiger partial charge in [-0.15, -0.1) is 10.2 Å². The van der Waals surface area contributed by atoms with Gasteiger partial charge in [-0.1, -0.05) is 63.9 Å². The lowest BCUT2D eigenvalue weighted by Crippen LogP contribution is -2.35. The Balaban J connectivity index is 1.51. The number of aromatic nitrogens is 3. The summed E-state index contributed by atoms with van der Waals surface area (Å²) in [7, 11) is 0. The van der Waals surface area contributed by atoms with Gasteiger partial charge in [0.25, 0.3) is 0 Å². The van der Waals surface area contributed by atoms with E-state index in [4.69, 9.17) is 10.6 Å². The fraction of sp³-hybridized carbons (Fsp3) is 0.591. The molecule has 3 rings (SSSR count). The van der Waals surface area contributed by atoms with Gasteiger partial charge in [0.1, 0.15) is 12.4 Å². The number of nitrogens with zero attached hydrogens (tertiary/aromatic N) is 4. The summed E-state index contributed by atoms with van der Waals surface area (Å²) in [5, 5.41) is 8.77. The maximum Gasteiger partial charge on any atom is 0.233 e. The van der Waals surface area contributed by atoms with Gasteiger partial charge in [0, 0.05) is 13.1 Å². The highest BCUT2D eigenvalue weighted by atomic mass is 32.2. The maximum atomic E-state index is 12.5. The van der Waals surface area contributed by atoms with Crippen LogP contribution in [0.4, 0.5) is 0 Å². The van der Waals surface area contributed by atoms with Crippen molar-refractivity contribution in [3.05, 3.63) is 35.7 Å². The summed E-state index contributed by atoms with van der Waals surface area (Å²) in [6, 6.07) is 8.05. The second-order valence-electron chi connectivity index (χ2n) is 8.77. The Labute approximate surface area is 183 Å². The molecular weight excluding hydrogens is 398 g/mol. The molecule has 164 valence electrons. The number of rotatable bonds is 6. The molecule has 1 saturated heterocycles. The molecule has 0 unspecified atom stereocenters. The Bertz CT molecular complexity index is 821. The number of carbonyl (C=O) groups is 1. The zero-order chi connectivity index (χ0) is 21.6. The largest absolute Gasteiger partial charge is 0.486 e. The van der Waals surface area contributed by atoms with Gasteiger partial charge in [-0.25, -0.2) is 4.68 Å². The van der Waals surface area contributed by atoms with Gasteiger partial charge >= 0.3 is 0 Å². The molecule has 0 saturated carbocycles. The first-order valence-corrected chi connectivity index (χ1v) is 11.7. The summed E-state index contributed by atoms with van der Waals surface area (Å²) in [5.41, 5.74) is 1.35. The Kier molecular flexibility index (Phi) is 7.64. The molecule has 8 heteroatoms. The smallest absolute Gasteiger partial charge is 0.233 e. The Morgan fingerprint density at radius 3 is 2.33 bits per heavy atom. The van der Waals surface area contributed by atoms with E-state index in [1.807, 2.05) is 17.0 Å². The lowest BCUT2D eigenvalue weighted by molar-refractivity contribution is -0.128. The Morgan fingerprint density at radius 1 is 1.07 bits per heavy atom. The van der Waals surface area contributed by atoms with Gasteiger partial charge in [-0.05, 0) is 36.0 Å². The highest BCUT2D eigenvalue weighted by molar-refractivity contribution is 7.99. The molecule has 1 aliphatic heterocycles. The first-order chi connectivity index (χ1) is 14.3. The van der Waals surface area contributed by atoms with Crippen LogP contribution >= 0.6 is 11.8 Å². The molecule has 0 radical (unpaired) electrons. The van der Waals surface area contributed by atoms with Crippen LogP contribution in [0.15, 0.2) is 29.4 Å². The lowest BCUT2D eigenvalue weighted by Gasteiger charge is -2.24. The minimum atomic E-state index is 0.103. The summed E-state index contributed by atoms with van der Waals surface area (Å²) >= 11 is 1.33. The van der Waals surface area contributed by atoms with Gasteiger partial charge in [0.2, 0.25) is 11.1 Å². The van der Waals surface area contributed by atoms with E-state index >= 15 is 0 Å². The van der Waals surface area contributed by atoms with Gasteiger partial charge in [-0.3, -0.25) is 4.79 Å². The fourth-order valence-electron chi connectivity index (χ4n) is 3.42. The number of thioether (sulfide) groups is 1. The second-order valence-corrected chi connectivity index (χ2v) is 9.71. The SMILES string of the molecule is CC(C)(C)c1ccc(OCc2nnc(SCC(=O)N3CCCCCCC3)n2N)cc1. The van der Waals surface area contributed by atoms with Crippen LogP contribution in [-0.2, 0) is 16.8 Å². The summed E-state index contributed by atoms with van der Waals surface area (Å²) < 4.78 is 7.22. The fourth-order valence-corrected chi connectivity index (χ4v) is 4.20. The zero-order valence-corrected chi connectivity index (χ0v) is 19.1. The van der Waals surface area contributed by atoms with Crippen molar-refractivity contribution < 1.29 is 9.53 Å². The van der Waals surface area contributed by atoms with Crippen LogP contribution in [0, 0.1) is 0 Å². The molecule has 1 fully saturated rings. The predicted octanol–water partition coefficient (Wildman–Crippen LogP) is 3.75. The number of likely N-dealkylation sites (tertiary alicyclic amines) is 1. The first kappa shape index (κ1) is 22.5. The van der Waals surface area contributed by atoms with E-state index < -0.39 is 0 Å². The van der Waals surface area contributed by atoms with Gasteiger partial charge < -0.3 is 15.5 Å². The third-order valence-corrected chi connectivity index (χ3v) is 6.28. The van der Waals surface area contributed by atoms with E-state index in [-0.39, 0.29) is 17.9 Å². The monoisotopic (exact) mass is 431 g/mol. The number of hydrogen-bond acceptors (Lipinski definition) is 6. The third kappa shape index (κ3) is 6.14. The number of amides is 1. The quantitative estimate of drug-likeness (QED) is 0.554. The topological polar surface area (TPSA) is 86.3 Å². The van der Waals surface area contributed by atoms with Crippen molar-refractivity contribution >= 4 is 17.7 Å². The van der Waals surface area contributed by atoms with E-state index in [1.165, 1.54) is 41.3 Å². The summed E-state index contributed by atoms with van der Waals surface area (Å²) in [6.45, 7) is 8.45. The molecular formula is C22H33N5O2S. The first-order valence-electron chi connectivity index (χ1n) is 10.7. The molecule has 0 bridgehead atoms. The molecule has 1 aromatic heterocycles. The van der Waals surface area contributed by atoms with Crippen LogP contribution in [0.1, 0.15) is 64.3 Å². The summed E-state index contributed by atoms with van der Waals surface area (Å²) in [4.78, 5) is 14.5. The highest BCUT2D eigenvalue weighted by Crippen LogP contribution is 2.25. The van der Waals surface area contributed by atoms with Crippen molar-refractivity contribution in [2.24, 2.45) is 0 Å².